The van der Waals surface area contributed by atoms with Gasteiger partial charge in [0, 0.05) is 12.6 Å². The molecule has 0 bridgehead atoms. The van der Waals surface area contributed by atoms with Gasteiger partial charge in [-0.3, -0.25) is 10.1 Å². The third-order valence-electron chi connectivity index (χ3n) is 4.73. The van der Waals surface area contributed by atoms with Crippen molar-refractivity contribution in [3.8, 4) is 11.5 Å². The van der Waals surface area contributed by atoms with Gasteiger partial charge in [-0.15, -0.1) is 0 Å². The molecule has 2 aromatic rings. The number of amides is 2. The van der Waals surface area contributed by atoms with E-state index in [-0.39, 0.29) is 30.8 Å². The molecule has 0 aliphatic carbocycles. The molecule has 0 spiro atoms. The van der Waals surface area contributed by atoms with Gasteiger partial charge >= 0.3 is 6.09 Å². The average molecular weight is 398 g/mol. The van der Waals surface area contributed by atoms with Crippen molar-refractivity contribution in [2.75, 3.05) is 18.5 Å². The van der Waals surface area contributed by atoms with Gasteiger partial charge < -0.3 is 24.3 Å². The maximum absolute atomic E-state index is 12.2. The summed E-state index contributed by atoms with van der Waals surface area (Å²) in [6.45, 7) is 2.00. The number of carbonyl (C=O) groups excluding carboxylic acids is 2. The zero-order valence-electron chi connectivity index (χ0n) is 15.9. The lowest BCUT2D eigenvalue weighted by Crippen LogP contribution is -2.43. The van der Waals surface area contributed by atoms with Crippen molar-refractivity contribution >= 4 is 17.7 Å². The van der Waals surface area contributed by atoms with E-state index in [0.29, 0.717) is 18.0 Å². The van der Waals surface area contributed by atoms with Crippen LogP contribution in [0, 0.1) is 0 Å². The van der Waals surface area contributed by atoms with Crippen LogP contribution in [0.1, 0.15) is 6.92 Å². The average Bonchev–Trinajstić information content (AvgIpc) is 3.27. The second-order valence-electron chi connectivity index (χ2n) is 6.91. The SMILES string of the molecule is CC(=O)N[C@@H]1CO[C@@H]2[C@@H]1OC[C@H]2OC(=O)Nc1ccc(Oc2ccccc2)cc1. The molecule has 0 radical (unpaired) electrons. The molecular formula is C21H22N2O6. The fourth-order valence-electron chi connectivity index (χ4n) is 3.47. The highest BCUT2D eigenvalue weighted by Gasteiger charge is 2.49. The van der Waals surface area contributed by atoms with Crippen LogP contribution in [0.2, 0.25) is 0 Å². The molecule has 152 valence electrons. The number of benzene rings is 2. The summed E-state index contributed by atoms with van der Waals surface area (Å²) in [5.74, 6) is 1.24. The van der Waals surface area contributed by atoms with Crippen molar-refractivity contribution in [1.29, 1.82) is 0 Å². The molecule has 0 aromatic heterocycles. The number of anilines is 1. The first-order valence-corrected chi connectivity index (χ1v) is 9.39. The highest BCUT2D eigenvalue weighted by molar-refractivity contribution is 5.84. The lowest BCUT2D eigenvalue weighted by Gasteiger charge is -2.17. The Kier molecular flexibility index (Phi) is 5.64. The van der Waals surface area contributed by atoms with Crippen LogP contribution in [0.25, 0.3) is 0 Å². The van der Waals surface area contributed by atoms with Gasteiger partial charge in [0.15, 0.2) is 6.10 Å². The van der Waals surface area contributed by atoms with E-state index >= 15 is 0 Å². The molecule has 8 nitrogen and oxygen atoms in total. The van der Waals surface area contributed by atoms with Crippen LogP contribution < -0.4 is 15.4 Å². The van der Waals surface area contributed by atoms with Gasteiger partial charge in [0.1, 0.15) is 23.7 Å². The smallest absolute Gasteiger partial charge is 0.412 e. The molecule has 2 fully saturated rings. The van der Waals surface area contributed by atoms with E-state index in [1.807, 2.05) is 30.3 Å². The number of carbonyl (C=O) groups is 2. The first-order chi connectivity index (χ1) is 14.1. The molecule has 2 saturated heterocycles. The van der Waals surface area contributed by atoms with Crippen LogP contribution in [0.15, 0.2) is 54.6 Å². The highest BCUT2D eigenvalue weighted by atomic mass is 16.6. The maximum Gasteiger partial charge on any atom is 0.412 e. The standard InChI is InChI=1S/C21H22N2O6/c1-13(24)22-17-11-26-20-18(12-27-19(17)20)29-21(25)23-14-7-9-16(10-8-14)28-15-5-3-2-4-6-15/h2-10,17-20H,11-12H2,1H3,(H,22,24)(H,23,25)/t17-,18-,19-,20+/m1/s1. The van der Waals surface area contributed by atoms with Crippen molar-refractivity contribution in [3.05, 3.63) is 54.6 Å². The van der Waals surface area contributed by atoms with Gasteiger partial charge in [-0.25, -0.2) is 4.79 Å². The van der Waals surface area contributed by atoms with Crippen LogP contribution in [0.5, 0.6) is 11.5 Å². The van der Waals surface area contributed by atoms with Gasteiger partial charge in [-0.05, 0) is 36.4 Å². The fourth-order valence-corrected chi connectivity index (χ4v) is 3.47. The Morgan fingerprint density at radius 2 is 1.62 bits per heavy atom. The van der Waals surface area contributed by atoms with Crippen LogP contribution in [-0.4, -0.2) is 49.6 Å². The second kappa shape index (κ2) is 8.50. The van der Waals surface area contributed by atoms with Gasteiger partial charge in [0.2, 0.25) is 5.91 Å². The summed E-state index contributed by atoms with van der Waals surface area (Å²) in [7, 11) is 0. The van der Waals surface area contributed by atoms with Crippen LogP contribution in [0.4, 0.5) is 10.5 Å². The van der Waals surface area contributed by atoms with Gasteiger partial charge in [-0.2, -0.15) is 0 Å². The molecular weight excluding hydrogens is 376 g/mol. The molecule has 2 N–H and O–H groups in total. The number of ether oxygens (including phenoxy) is 4. The summed E-state index contributed by atoms with van der Waals surface area (Å²) in [5.41, 5.74) is 0.578. The van der Waals surface area contributed by atoms with Crippen molar-refractivity contribution < 1.29 is 28.5 Å². The Morgan fingerprint density at radius 1 is 0.931 bits per heavy atom. The third-order valence-corrected chi connectivity index (χ3v) is 4.73. The zero-order valence-corrected chi connectivity index (χ0v) is 15.9. The van der Waals surface area contributed by atoms with Crippen LogP contribution in [0.3, 0.4) is 0 Å². The molecule has 2 amide bonds. The lowest BCUT2D eigenvalue weighted by molar-refractivity contribution is -0.120. The molecule has 4 atom stereocenters. The Hall–Kier alpha value is -3.10. The molecule has 8 heteroatoms. The Bertz CT molecular complexity index is 857. The molecule has 2 aromatic carbocycles. The predicted molar refractivity (Wildman–Crippen MR) is 104 cm³/mol. The van der Waals surface area contributed by atoms with E-state index in [4.69, 9.17) is 18.9 Å². The molecule has 0 unspecified atom stereocenters. The zero-order chi connectivity index (χ0) is 20.2. The molecule has 2 heterocycles. The molecule has 2 aliphatic heterocycles. The van der Waals surface area contributed by atoms with E-state index < -0.39 is 12.2 Å². The van der Waals surface area contributed by atoms with E-state index in [1.165, 1.54) is 6.92 Å². The van der Waals surface area contributed by atoms with E-state index in [9.17, 15) is 9.59 Å². The van der Waals surface area contributed by atoms with E-state index in [0.717, 1.165) is 5.75 Å². The first kappa shape index (κ1) is 19.2. The molecule has 29 heavy (non-hydrogen) atoms. The largest absolute Gasteiger partial charge is 0.457 e. The minimum atomic E-state index is -0.595. The van der Waals surface area contributed by atoms with Crippen molar-refractivity contribution in [1.82, 2.24) is 5.32 Å². The topological polar surface area (TPSA) is 95.1 Å². The lowest BCUT2D eigenvalue weighted by atomic mass is 10.1. The number of fused-ring (bicyclic) bond motifs is 1. The minimum absolute atomic E-state index is 0.148. The number of rotatable bonds is 5. The Morgan fingerprint density at radius 3 is 2.34 bits per heavy atom. The summed E-state index contributed by atoms with van der Waals surface area (Å²) >= 11 is 0. The minimum Gasteiger partial charge on any atom is -0.457 e. The highest BCUT2D eigenvalue weighted by Crippen LogP contribution is 2.29. The van der Waals surface area contributed by atoms with Gasteiger partial charge in [-0.1, -0.05) is 18.2 Å². The maximum atomic E-state index is 12.2. The van der Waals surface area contributed by atoms with E-state index in [2.05, 4.69) is 10.6 Å². The summed E-state index contributed by atoms with van der Waals surface area (Å²) in [6.07, 6.45) is -1.83. The number of hydrogen-bond acceptors (Lipinski definition) is 6. The van der Waals surface area contributed by atoms with Crippen molar-refractivity contribution in [2.24, 2.45) is 0 Å². The van der Waals surface area contributed by atoms with Gasteiger partial charge in [0.05, 0.1) is 19.3 Å². The van der Waals surface area contributed by atoms with Crippen molar-refractivity contribution in [2.45, 2.75) is 31.3 Å². The van der Waals surface area contributed by atoms with E-state index in [1.54, 1.807) is 24.3 Å². The Balaban J connectivity index is 1.28. The number of para-hydroxylation sites is 1. The summed E-state index contributed by atoms with van der Waals surface area (Å²) in [4.78, 5) is 23.5. The molecule has 2 aliphatic rings. The molecule has 0 saturated carbocycles. The predicted octanol–water partition coefficient (Wildman–Crippen LogP) is 2.70. The quantitative estimate of drug-likeness (QED) is 0.804. The summed E-state index contributed by atoms with van der Waals surface area (Å²) in [5, 5.41) is 5.48. The number of nitrogens with one attached hydrogen (secondary N) is 2. The third kappa shape index (κ3) is 4.67. The fraction of sp³-hybridized carbons (Fsp3) is 0.333. The Labute approximate surface area is 168 Å². The number of hydrogen-bond donors (Lipinski definition) is 2. The van der Waals surface area contributed by atoms with Crippen LogP contribution >= 0.6 is 0 Å². The van der Waals surface area contributed by atoms with Crippen molar-refractivity contribution in [3.63, 3.8) is 0 Å². The summed E-state index contributed by atoms with van der Waals surface area (Å²) < 4.78 is 22.5. The van der Waals surface area contributed by atoms with Gasteiger partial charge in [0.25, 0.3) is 0 Å². The normalized spacial score (nSPS) is 25.1. The monoisotopic (exact) mass is 398 g/mol. The first-order valence-electron chi connectivity index (χ1n) is 9.39. The second-order valence-corrected chi connectivity index (χ2v) is 6.91. The van der Waals surface area contributed by atoms with Crippen LogP contribution in [-0.2, 0) is 19.0 Å². The summed E-state index contributed by atoms with van der Waals surface area (Å²) in [6, 6.07) is 16.2. The molecule has 4 rings (SSSR count).